The molecule has 0 saturated carbocycles. The van der Waals surface area contributed by atoms with Crippen LogP contribution in [0.3, 0.4) is 0 Å². The van der Waals surface area contributed by atoms with Crippen LogP contribution in [-0.2, 0) is 7.05 Å². The van der Waals surface area contributed by atoms with Gasteiger partial charge >= 0.3 is 0 Å². The highest BCUT2D eigenvalue weighted by Crippen LogP contribution is 2.20. The van der Waals surface area contributed by atoms with Gasteiger partial charge in [0.2, 0.25) is 0 Å². The van der Waals surface area contributed by atoms with Crippen molar-refractivity contribution in [1.29, 1.82) is 0 Å². The van der Waals surface area contributed by atoms with Crippen molar-refractivity contribution in [3.05, 3.63) is 76.0 Å². The summed E-state index contributed by atoms with van der Waals surface area (Å²) in [5.74, 6) is -1.12. The second-order valence-corrected chi connectivity index (χ2v) is 5.39. The SMILES string of the molecule is Cn1cc(C(=O)NNC(=O)c2cccc([N+](=O)[O-])c2)c2ccccc21. The Bertz CT molecular complexity index is 993. The molecule has 0 aliphatic heterocycles. The number of rotatable bonds is 3. The molecule has 0 radical (unpaired) electrons. The lowest BCUT2D eigenvalue weighted by Gasteiger charge is -2.06. The van der Waals surface area contributed by atoms with E-state index in [-0.39, 0.29) is 11.3 Å². The summed E-state index contributed by atoms with van der Waals surface area (Å²) in [6.07, 6.45) is 1.67. The Morgan fingerprint density at radius 2 is 1.76 bits per heavy atom. The molecule has 2 amide bonds. The van der Waals surface area contributed by atoms with Crippen LogP contribution in [0.4, 0.5) is 5.69 Å². The van der Waals surface area contributed by atoms with Crippen molar-refractivity contribution in [2.24, 2.45) is 7.05 Å². The van der Waals surface area contributed by atoms with Gasteiger partial charge in [0.15, 0.2) is 0 Å². The van der Waals surface area contributed by atoms with Gasteiger partial charge in [-0.15, -0.1) is 0 Å². The van der Waals surface area contributed by atoms with Gasteiger partial charge in [0.1, 0.15) is 0 Å². The first-order valence-electron chi connectivity index (χ1n) is 7.36. The minimum atomic E-state index is -0.641. The number of para-hydroxylation sites is 1. The largest absolute Gasteiger partial charge is 0.350 e. The van der Waals surface area contributed by atoms with E-state index in [1.807, 2.05) is 35.9 Å². The smallest absolute Gasteiger partial charge is 0.271 e. The summed E-state index contributed by atoms with van der Waals surface area (Å²) < 4.78 is 1.81. The maximum Gasteiger partial charge on any atom is 0.271 e. The molecule has 0 unspecified atom stereocenters. The molecular weight excluding hydrogens is 324 g/mol. The number of hydrogen-bond acceptors (Lipinski definition) is 4. The molecule has 1 heterocycles. The summed E-state index contributed by atoms with van der Waals surface area (Å²) in [4.78, 5) is 34.6. The van der Waals surface area contributed by atoms with Crippen LogP contribution in [0, 0.1) is 10.1 Å². The van der Waals surface area contributed by atoms with Crippen molar-refractivity contribution in [3.63, 3.8) is 0 Å². The average molecular weight is 338 g/mol. The number of benzene rings is 2. The van der Waals surface area contributed by atoms with Crippen LogP contribution in [0.25, 0.3) is 10.9 Å². The maximum atomic E-state index is 12.3. The number of nitro groups is 1. The number of nitrogens with zero attached hydrogens (tertiary/aromatic N) is 2. The molecule has 1 aromatic heterocycles. The second kappa shape index (κ2) is 6.44. The van der Waals surface area contributed by atoms with Gasteiger partial charge in [-0.1, -0.05) is 24.3 Å². The Labute approximate surface area is 142 Å². The van der Waals surface area contributed by atoms with E-state index in [9.17, 15) is 19.7 Å². The molecule has 25 heavy (non-hydrogen) atoms. The summed E-state index contributed by atoms with van der Waals surface area (Å²) in [7, 11) is 1.82. The van der Waals surface area contributed by atoms with Gasteiger partial charge in [0.05, 0.1) is 10.5 Å². The first-order valence-corrected chi connectivity index (χ1v) is 7.36. The highest BCUT2D eigenvalue weighted by Gasteiger charge is 2.16. The summed E-state index contributed by atoms with van der Waals surface area (Å²) in [6.45, 7) is 0. The van der Waals surface area contributed by atoms with E-state index in [1.54, 1.807) is 6.20 Å². The number of hydrazine groups is 1. The zero-order valence-corrected chi connectivity index (χ0v) is 13.2. The molecule has 0 atom stereocenters. The molecule has 3 rings (SSSR count). The molecule has 126 valence electrons. The molecule has 2 N–H and O–H groups in total. The predicted molar refractivity (Wildman–Crippen MR) is 90.9 cm³/mol. The highest BCUT2D eigenvalue weighted by molar-refractivity contribution is 6.08. The molecule has 0 fully saturated rings. The molecule has 0 bridgehead atoms. The van der Waals surface area contributed by atoms with E-state index in [2.05, 4.69) is 10.9 Å². The first kappa shape index (κ1) is 16.2. The minimum Gasteiger partial charge on any atom is -0.350 e. The normalized spacial score (nSPS) is 10.4. The Kier molecular flexibility index (Phi) is 4.17. The number of carbonyl (C=O) groups is 2. The topological polar surface area (TPSA) is 106 Å². The van der Waals surface area contributed by atoms with Crippen LogP contribution in [0.5, 0.6) is 0 Å². The molecule has 3 aromatic rings. The molecule has 2 aromatic carbocycles. The van der Waals surface area contributed by atoms with Gasteiger partial charge < -0.3 is 4.57 Å². The predicted octanol–water partition coefficient (Wildman–Crippen LogP) is 2.16. The maximum absolute atomic E-state index is 12.3. The minimum absolute atomic E-state index is 0.0763. The molecule has 0 aliphatic carbocycles. The second-order valence-electron chi connectivity index (χ2n) is 5.39. The third-order valence-corrected chi connectivity index (χ3v) is 3.75. The van der Waals surface area contributed by atoms with Crippen molar-refractivity contribution in [1.82, 2.24) is 15.4 Å². The molecule has 8 nitrogen and oxygen atoms in total. The van der Waals surface area contributed by atoms with Crippen LogP contribution in [-0.4, -0.2) is 21.3 Å². The third kappa shape index (κ3) is 3.18. The monoisotopic (exact) mass is 338 g/mol. The van der Waals surface area contributed by atoms with Gasteiger partial charge in [-0.2, -0.15) is 0 Å². The van der Waals surface area contributed by atoms with Gasteiger partial charge in [0.25, 0.3) is 17.5 Å². The number of nitro benzene ring substituents is 1. The lowest BCUT2D eigenvalue weighted by molar-refractivity contribution is -0.384. The standard InChI is InChI=1S/C17H14N4O4/c1-20-10-14(13-7-2-3-8-15(13)20)17(23)19-18-16(22)11-5-4-6-12(9-11)21(24)25/h2-10H,1H3,(H,18,22)(H,19,23). The Morgan fingerprint density at radius 1 is 1.04 bits per heavy atom. The fourth-order valence-corrected chi connectivity index (χ4v) is 2.54. The summed E-state index contributed by atoms with van der Waals surface area (Å²) >= 11 is 0. The zero-order chi connectivity index (χ0) is 18.0. The van der Waals surface area contributed by atoms with E-state index in [0.717, 1.165) is 17.0 Å². The van der Waals surface area contributed by atoms with Gasteiger partial charge in [-0.05, 0) is 12.1 Å². The van der Waals surface area contributed by atoms with E-state index < -0.39 is 16.7 Å². The molecule has 0 aliphatic rings. The number of hydrogen-bond donors (Lipinski definition) is 2. The fraction of sp³-hybridized carbons (Fsp3) is 0.0588. The van der Waals surface area contributed by atoms with E-state index >= 15 is 0 Å². The number of carbonyl (C=O) groups excluding carboxylic acids is 2. The number of non-ortho nitro benzene ring substituents is 1. The van der Waals surface area contributed by atoms with Crippen LogP contribution in [0.2, 0.25) is 0 Å². The van der Waals surface area contributed by atoms with Gasteiger partial charge in [0, 0.05) is 41.8 Å². The van der Waals surface area contributed by atoms with Crippen LogP contribution < -0.4 is 10.9 Å². The summed E-state index contributed by atoms with van der Waals surface area (Å²) in [5.41, 5.74) is 5.77. The van der Waals surface area contributed by atoms with Crippen molar-refractivity contribution in [2.45, 2.75) is 0 Å². The quantitative estimate of drug-likeness (QED) is 0.564. The Balaban J connectivity index is 1.74. The van der Waals surface area contributed by atoms with E-state index in [4.69, 9.17) is 0 Å². The number of aryl methyl sites for hydroxylation is 1. The van der Waals surface area contributed by atoms with Crippen LogP contribution in [0.1, 0.15) is 20.7 Å². The molecular formula is C17H14N4O4. The van der Waals surface area contributed by atoms with Crippen molar-refractivity contribution >= 4 is 28.4 Å². The number of nitrogens with one attached hydrogen (secondary N) is 2. The third-order valence-electron chi connectivity index (χ3n) is 3.75. The van der Waals surface area contributed by atoms with Crippen LogP contribution in [0.15, 0.2) is 54.7 Å². The fourth-order valence-electron chi connectivity index (χ4n) is 2.54. The number of amides is 2. The van der Waals surface area contributed by atoms with Gasteiger partial charge in [-0.3, -0.25) is 30.6 Å². The first-order chi connectivity index (χ1) is 12.0. The number of aromatic nitrogens is 1. The molecule has 8 heteroatoms. The van der Waals surface area contributed by atoms with E-state index in [1.165, 1.54) is 18.2 Å². The summed E-state index contributed by atoms with van der Waals surface area (Å²) in [6, 6.07) is 12.6. The van der Waals surface area contributed by atoms with Crippen molar-refractivity contribution in [2.75, 3.05) is 0 Å². The number of fused-ring (bicyclic) bond motifs is 1. The Hall–Kier alpha value is -3.68. The molecule has 0 spiro atoms. The summed E-state index contributed by atoms with van der Waals surface area (Å²) in [5, 5.41) is 11.5. The Morgan fingerprint density at radius 3 is 2.52 bits per heavy atom. The average Bonchev–Trinajstić information content (AvgIpc) is 2.97. The highest BCUT2D eigenvalue weighted by atomic mass is 16.6. The lowest BCUT2D eigenvalue weighted by Crippen LogP contribution is -2.41. The lowest BCUT2D eigenvalue weighted by atomic mass is 10.1. The van der Waals surface area contributed by atoms with Crippen molar-refractivity contribution in [3.8, 4) is 0 Å². The van der Waals surface area contributed by atoms with Crippen LogP contribution >= 0.6 is 0 Å². The zero-order valence-electron chi connectivity index (χ0n) is 13.2. The van der Waals surface area contributed by atoms with Gasteiger partial charge in [-0.25, -0.2) is 0 Å². The molecule has 0 saturated heterocycles. The van der Waals surface area contributed by atoms with Crippen molar-refractivity contribution < 1.29 is 14.5 Å². The van der Waals surface area contributed by atoms with E-state index in [0.29, 0.717) is 5.56 Å².